The Morgan fingerprint density at radius 2 is 2.09 bits per heavy atom. The van der Waals surface area contributed by atoms with Crippen LogP contribution in [-0.2, 0) is 4.79 Å². The van der Waals surface area contributed by atoms with Gasteiger partial charge in [-0.25, -0.2) is 4.63 Å². The summed E-state index contributed by atoms with van der Waals surface area (Å²) in [5, 5.41) is 29.4. The molecule has 0 saturated heterocycles. The molecule has 5 N–H and O–H groups in total. The molecule has 1 atom stereocenters. The summed E-state index contributed by atoms with van der Waals surface area (Å²) in [5.41, 5.74) is 5.23. The lowest BCUT2D eigenvalue weighted by atomic mass is 10.3. The number of carbonyl (C=O) groups is 1. The van der Waals surface area contributed by atoms with Gasteiger partial charge in [0.05, 0.1) is 12.6 Å². The molecule has 10 nitrogen and oxygen atoms in total. The zero-order chi connectivity index (χ0) is 17.5. The molecule has 1 amide bonds. The highest BCUT2D eigenvalue weighted by Crippen LogP contribution is 2.12. The van der Waals surface area contributed by atoms with E-state index in [1.165, 1.54) is 6.92 Å². The Morgan fingerprint density at radius 3 is 2.55 bits per heavy atom. The third-order valence-electron chi connectivity index (χ3n) is 1.86. The third-order valence-corrected chi connectivity index (χ3v) is 1.86. The van der Waals surface area contributed by atoms with Crippen molar-refractivity contribution in [1.82, 2.24) is 15.6 Å². The molecule has 0 bridgehead atoms. The van der Waals surface area contributed by atoms with Gasteiger partial charge in [0.2, 0.25) is 11.6 Å². The second-order valence-corrected chi connectivity index (χ2v) is 3.29. The monoisotopic (exact) mass is 315 g/mol. The number of nitrogens with zero attached hydrogens (tertiary/aromatic N) is 3. The number of aliphatic hydroxyl groups excluding tert-OH is 1. The molecule has 1 rings (SSSR count). The summed E-state index contributed by atoms with van der Waals surface area (Å²) in [6.45, 7) is 4.92. The lowest BCUT2D eigenvalue weighted by Gasteiger charge is -2.14. The van der Waals surface area contributed by atoms with Crippen molar-refractivity contribution in [3.05, 3.63) is 5.69 Å². The van der Waals surface area contributed by atoms with Crippen molar-refractivity contribution in [2.45, 2.75) is 26.8 Å². The van der Waals surface area contributed by atoms with E-state index in [0.717, 1.165) is 0 Å². The van der Waals surface area contributed by atoms with Crippen LogP contribution in [-0.4, -0.2) is 51.6 Å². The van der Waals surface area contributed by atoms with E-state index in [9.17, 15) is 4.79 Å². The number of ether oxygens (including phenoxy) is 1. The van der Waals surface area contributed by atoms with E-state index in [1.54, 1.807) is 0 Å². The van der Waals surface area contributed by atoms with Gasteiger partial charge in [-0.1, -0.05) is 19.0 Å². The zero-order valence-corrected chi connectivity index (χ0v) is 12.7. The number of aromatic nitrogens is 2. The number of aliphatic hydroxyl groups is 1. The van der Waals surface area contributed by atoms with Crippen LogP contribution in [0.5, 0.6) is 5.88 Å². The first kappa shape index (κ1) is 21.5. The van der Waals surface area contributed by atoms with Gasteiger partial charge in [-0.3, -0.25) is 4.79 Å². The van der Waals surface area contributed by atoms with Crippen molar-refractivity contribution in [2.75, 3.05) is 13.2 Å². The third kappa shape index (κ3) is 7.71. The van der Waals surface area contributed by atoms with Crippen LogP contribution in [0, 0.1) is 12.8 Å². The fraction of sp³-hybridized carbons (Fsp3) is 0.500. The topological polar surface area (TPSA) is 156 Å². The number of terminal acetylenes is 1. The summed E-state index contributed by atoms with van der Waals surface area (Å²) in [6, 6.07) is -0.612. The first-order chi connectivity index (χ1) is 10.6. The van der Waals surface area contributed by atoms with Crippen LogP contribution in [0.1, 0.15) is 26.5 Å². The van der Waals surface area contributed by atoms with Crippen LogP contribution in [0.4, 0.5) is 0 Å². The van der Waals surface area contributed by atoms with Gasteiger partial charge < -0.3 is 26.1 Å². The molecule has 1 heterocycles. The predicted octanol–water partition coefficient (Wildman–Crippen LogP) is -0.684. The van der Waals surface area contributed by atoms with E-state index in [4.69, 9.17) is 20.8 Å². The largest absolute Gasteiger partial charge is 0.472 e. The van der Waals surface area contributed by atoms with Gasteiger partial charge in [-0.2, -0.15) is 0 Å². The van der Waals surface area contributed by atoms with Crippen LogP contribution in [0.25, 0.3) is 0 Å². The van der Waals surface area contributed by atoms with Crippen LogP contribution >= 0.6 is 0 Å². The van der Waals surface area contributed by atoms with Crippen molar-refractivity contribution in [3.8, 4) is 18.7 Å². The van der Waals surface area contributed by atoms with E-state index in [2.05, 4.69) is 38.3 Å². The van der Waals surface area contributed by atoms with Crippen molar-refractivity contribution in [2.24, 2.45) is 10.9 Å². The molecule has 0 aliphatic heterocycles. The van der Waals surface area contributed by atoms with Gasteiger partial charge >= 0.3 is 0 Å². The molecule has 0 unspecified atom stereocenters. The van der Waals surface area contributed by atoms with E-state index < -0.39 is 6.04 Å². The molecule has 0 fully saturated rings. The van der Waals surface area contributed by atoms with Crippen molar-refractivity contribution >= 4 is 11.7 Å². The number of amides is 1. The average molecular weight is 315 g/mol. The van der Waals surface area contributed by atoms with E-state index in [1.807, 2.05) is 13.8 Å². The normalized spacial score (nSPS) is 11.1. The number of carbonyl (C=O) groups excluding carboxylic acids is 1. The maximum Gasteiger partial charge on any atom is 0.287 e. The van der Waals surface area contributed by atoms with Gasteiger partial charge in [0.15, 0.2) is 5.84 Å². The number of nitrogens with two attached hydrogens (primary N) is 1. The molecular weight excluding hydrogens is 294 g/mol. The van der Waals surface area contributed by atoms with Crippen molar-refractivity contribution in [1.29, 1.82) is 0 Å². The summed E-state index contributed by atoms with van der Waals surface area (Å²) >= 11 is 0. The molecule has 0 aliphatic rings. The Balaban J connectivity index is 0. The molecular formula is C12H21N5O5. The van der Waals surface area contributed by atoms with Gasteiger partial charge in [0.1, 0.15) is 6.61 Å². The molecule has 0 aliphatic carbocycles. The lowest BCUT2D eigenvalue weighted by Crippen LogP contribution is -2.40. The smallest absolute Gasteiger partial charge is 0.287 e. The van der Waals surface area contributed by atoms with Crippen LogP contribution in [0.3, 0.4) is 0 Å². The number of rotatable bonds is 6. The zero-order valence-electron chi connectivity index (χ0n) is 12.7. The summed E-state index contributed by atoms with van der Waals surface area (Å²) in [5.74, 6) is -0.743. The average Bonchev–Trinajstić information content (AvgIpc) is 3.02. The quantitative estimate of drug-likeness (QED) is 0.177. The second kappa shape index (κ2) is 13.2. The summed E-state index contributed by atoms with van der Waals surface area (Å²) in [7, 11) is 0. The summed E-state index contributed by atoms with van der Waals surface area (Å²) in [4.78, 5) is 10.8. The summed E-state index contributed by atoms with van der Waals surface area (Å²) in [6.07, 6.45) is 8.00. The molecule has 22 heavy (non-hydrogen) atoms. The first-order valence-electron chi connectivity index (χ1n) is 6.23. The van der Waals surface area contributed by atoms with E-state index in [0.29, 0.717) is 0 Å². The van der Waals surface area contributed by atoms with Crippen molar-refractivity contribution < 1.29 is 24.5 Å². The molecule has 0 saturated carbocycles. The molecule has 1 aromatic rings. The Bertz CT molecular complexity index is 471. The second-order valence-electron chi connectivity index (χ2n) is 3.29. The minimum atomic E-state index is -0.612. The van der Waals surface area contributed by atoms with Gasteiger partial charge in [-0.05, 0) is 10.3 Å². The van der Waals surface area contributed by atoms with Crippen molar-refractivity contribution in [3.63, 3.8) is 0 Å². The van der Waals surface area contributed by atoms with Gasteiger partial charge in [-0.15, -0.1) is 12.8 Å². The van der Waals surface area contributed by atoms with Crippen LogP contribution < -0.4 is 15.8 Å². The van der Waals surface area contributed by atoms with E-state index >= 15 is 0 Å². The van der Waals surface area contributed by atoms with Gasteiger partial charge in [0.25, 0.3) is 5.88 Å². The minimum Gasteiger partial charge on any atom is -0.472 e. The Kier molecular flexibility index (Phi) is 12.9. The van der Waals surface area contributed by atoms with Gasteiger partial charge in [0, 0.05) is 6.92 Å². The molecule has 0 aromatic carbocycles. The van der Waals surface area contributed by atoms with Crippen LogP contribution in [0.15, 0.2) is 9.78 Å². The predicted molar refractivity (Wildman–Crippen MR) is 78.2 cm³/mol. The fourth-order valence-electron chi connectivity index (χ4n) is 1.09. The highest BCUT2D eigenvalue weighted by molar-refractivity contribution is 5.96. The summed E-state index contributed by atoms with van der Waals surface area (Å²) < 4.78 is 9.51. The Morgan fingerprint density at radius 1 is 1.50 bits per heavy atom. The molecule has 0 radical (unpaired) electrons. The Labute approximate surface area is 128 Å². The maximum absolute atomic E-state index is 10.8. The fourth-order valence-corrected chi connectivity index (χ4v) is 1.09. The number of hydrogen-bond donors (Lipinski definition) is 4. The standard InChI is InChI=1S/C8H13N5O5.C2H6.C2H2/c1-4(15)10-5(2-14)3-17-8-6(7(9)11-16)12-18-13-8;2*1-2/h5,14,16H,2-3H2,1H3,(H2,9,11)(H,10,15);1-2H3;1-2H/t5-;;/m0../s1. The molecule has 10 heteroatoms. The SMILES string of the molecule is C#C.CC.CC(=O)N[C@@H](CO)COc1nonc1/C(N)=N/O. The highest BCUT2D eigenvalue weighted by atomic mass is 16.6. The Hall–Kier alpha value is -2.80. The maximum atomic E-state index is 10.8. The van der Waals surface area contributed by atoms with Crippen LogP contribution in [0.2, 0.25) is 0 Å². The molecule has 0 spiro atoms. The molecule has 124 valence electrons. The first-order valence-corrected chi connectivity index (χ1v) is 6.23. The lowest BCUT2D eigenvalue weighted by molar-refractivity contribution is -0.120. The molecule has 1 aromatic heterocycles. The minimum absolute atomic E-state index is 0.0722. The number of oxime groups is 1. The number of nitrogens with one attached hydrogen (secondary N) is 1. The number of amidine groups is 1. The highest BCUT2D eigenvalue weighted by Gasteiger charge is 2.18. The van der Waals surface area contributed by atoms with E-state index in [-0.39, 0.29) is 36.5 Å². The number of hydrogen-bond acceptors (Lipinski definition) is 8.